The number of nitrogens with zero attached hydrogens (tertiary/aromatic N) is 1. The molecule has 0 spiro atoms. The quantitative estimate of drug-likeness (QED) is 0.311. The molecular formula is C8H14ClN3O. The third-order valence-electron chi connectivity index (χ3n) is 1.95. The van der Waals surface area contributed by atoms with E-state index in [9.17, 15) is 0 Å². The molecule has 1 heterocycles. The standard InChI is InChI=1S/C8H14ClN3O/c1-13-11-7-2-4-12(5-3-7)8(10)6-9/h2,10-11H,3-6H2,1H3. The second-order valence-corrected chi connectivity index (χ2v) is 3.08. The topological polar surface area (TPSA) is 48.4 Å². The van der Waals surface area contributed by atoms with E-state index in [1.54, 1.807) is 7.11 Å². The van der Waals surface area contributed by atoms with Crippen molar-refractivity contribution in [1.29, 1.82) is 5.41 Å². The number of alkyl halides is 1. The molecule has 0 aliphatic carbocycles. The minimum atomic E-state index is 0.279. The maximum Gasteiger partial charge on any atom is 0.111 e. The van der Waals surface area contributed by atoms with Crippen molar-refractivity contribution in [3.05, 3.63) is 11.8 Å². The van der Waals surface area contributed by atoms with Crippen molar-refractivity contribution in [3.63, 3.8) is 0 Å². The molecule has 1 aliphatic rings. The van der Waals surface area contributed by atoms with Crippen molar-refractivity contribution < 1.29 is 4.84 Å². The number of hydrogen-bond acceptors (Lipinski definition) is 3. The fourth-order valence-electron chi connectivity index (χ4n) is 1.22. The first-order chi connectivity index (χ1) is 6.27. The highest BCUT2D eigenvalue weighted by Crippen LogP contribution is 2.08. The molecule has 0 aromatic rings. The lowest BCUT2D eigenvalue weighted by Gasteiger charge is -2.27. The van der Waals surface area contributed by atoms with E-state index >= 15 is 0 Å². The normalized spacial score (nSPS) is 16.8. The van der Waals surface area contributed by atoms with Crippen LogP contribution >= 0.6 is 11.6 Å². The van der Waals surface area contributed by atoms with E-state index in [1.807, 2.05) is 11.0 Å². The van der Waals surface area contributed by atoms with Crippen LogP contribution in [-0.4, -0.2) is 36.8 Å². The highest BCUT2D eigenvalue weighted by atomic mass is 35.5. The molecule has 74 valence electrons. The van der Waals surface area contributed by atoms with Crippen molar-refractivity contribution in [2.75, 3.05) is 26.1 Å². The predicted octanol–water partition coefficient (Wildman–Crippen LogP) is 0.943. The molecule has 2 N–H and O–H groups in total. The summed E-state index contributed by atoms with van der Waals surface area (Å²) in [6, 6.07) is 0. The molecule has 0 radical (unpaired) electrons. The number of amidine groups is 1. The monoisotopic (exact) mass is 203 g/mol. The highest BCUT2D eigenvalue weighted by Gasteiger charge is 2.13. The Morgan fingerprint density at radius 2 is 2.62 bits per heavy atom. The van der Waals surface area contributed by atoms with Crippen molar-refractivity contribution >= 4 is 17.4 Å². The van der Waals surface area contributed by atoms with Crippen molar-refractivity contribution in [3.8, 4) is 0 Å². The van der Waals surface area contributed by atoms with Gasteiger partial charge in [-0.05, 0) is 6.08 Å². The molecule has 0 saturated heterocycles. The first-order valence-electron chi connectivity index (χ1n) is 4.14. The lowest BCUT2D eigenvalue weighted by molar-refractivity contribution is 0.112. The van der Waals surface area contributed by atoms with E-state index in [-0.39, 0.29) is 5.88 Å². The van der Waals surface area contributed by atoms with E-state index in [0.29, 0.717) is 5.84 Å². The second kappa shape index (κ2) is 5.09. The molecule has 0 atom stereocenters. The molecule has 0 bridgehead atoms. The Morgan fingerprint density at radius 3 is 3.08 bits per heavy atom. The Kier molecular flexibility index (Phi) is 4.05. The van der Waals surface area contributed by atoms with E-state index in [1.165, 1.54) is 0 Å². The Hall–Kier alpha value is -0.740. The summed E-state index contributed by atoms with van der Waals surface area (Å²) >= 11 is 5.56. The summed E-state index contributed by atoms with van der Waals surface area (Å²) in [6.07, 6.45) is 2.88. The first kappa shape index (κ1) is 10.3. The molecule has 4 nitrogen and oxygen atoms in total. The Bertz CT molecular complexity index is 217. The van der Waals surface area contributed by atoms with Gasteiger partial charge in [0, 0.05) is 25.2 Å². The van der Waals surface area contributed by atoms with E-state index in [0.717, 1.165) is 25.2 Å². The van der Waals surface area contributed by atoms with Gasteiger partial charge in [-0.2, -0.15) is 0 Å². The van der Waals surface area contributed by atoms with Crippen molar-refractivity contribution in [2.45, 2.75) is 6.42 Å². The zero-order chi connectivity index (χ0) is 9.68. The van der Waals surface area contributed by atoms with Crippen LogP contribution in [0, 0.1) is 5.41 Å². The molecule has 0 fully saturated rings. The van der Waals surface area contributed by atoms with Gasteiger partial charge in [0.2, 0.25) is 0 Å². The van der Waals surface area contributed by atoms with Gasteiger partial charge in [0.1, 0.15) is 5.84 Å². The SMILES string of the molecule is CONC1=CCN(C(=N)CCl)CC1. The van der Waals surface area contributed by atoms with Crippen molar-refractivity contribution in [1.82, 2.24) is 10.4 Å². The van der Waals surface area contributed by atoms with Crippen LogP contribution in [0.15, 0.2) is 11.8 Å². The van der Waals surface area contributed by atoms with Crippen LogP contribution in [0.3, 0.4) is 0 Å². The first-order valence-corrected chi connectivity index (χ1v) is 4.67. The maximum atomic E-state index is 7.51. The van der Waals surface area contributed by atoms with Gasteiger partial charge in [-0.15, -0.1) is 11.6 Å². The molecule has 0 aromatic heterocycles. The predicted molar refractivity (Wildman–Crippen MR) is 52.9 cm³/mol. The molecule has 1 rings (SSSR count). The minimum Gasteiger partial charge on any atom is -0.355 e. The Labute approximate surface area is 83.0 Å². The summed E-state index contributed by atoms with van der Waals surface area (Å²) in [7, 11) is 1.59. The van der Waals surface area contributed by atoms with Crippen LogP contribution in [0.1, 0.15) is 6.42 Å². The fourth-order valence-corrected chi connectivity index (χ4v) is 1.39. The molecule has 13 heavy (non-hydrogen) atoms. The third-order valence-corrected chi connectivity index (χ3v) is 2.20. The van der Waals surface area contributed by atoms with Crippen LogP contribution in [-0.2, 0) is 4.84 Å². The molecule has 0 saturated carbocycles. The molecular weight excluding hydrogens is 190 g/mol. The Morgan fingerprint density at radius 1 is 1.85 bits per heavy atom. The fraction of sp³-hybridized carbons (Fsp3) is 0.625. The number of hydrogen-bond donors (Lipinski definition) is 2. The van der Waals surface area contributed by atoms with Gasteiger partial charge in [-0.3, -0.25) is 15.7 Å². The molecule has 0 unspecified atom stereocenters. The van der Waals surface area contributed by atoms with Crippen LogP contribution in [0.5, 0.6) is 0 Å². The summed E-state index contributed by atoms with van der Waals surface area (Å²) in [5, 5.41) is 7.51. The molecule has 5 heteroatoms. The smallest absolute Gasteiger partial charge is 0.111 e. The Balaban J connectivity index is 2.41. The summed E-state index contributed by atoms with van der Waals surface area (Å²) in [5.41, 5.74) is 3.86. The highest BCUT2D eigenvalue weighted by molar-refractivity contribution is 6.27. The third kappa shape index (κ3) is 2.90. The average Bonchev–Trinajstić information content (AvgIpc) is 2.18. The van der Waals surface area contributed by atoms with Gasteiger partial charge in [0.25, 0.3) is 0 Å². The molecule has 0 amide bonds. The summed E-state index contributed by atoms with van der Waals surface area (Å²) in [5.74, 6) is 0.760. The average molecular weight is 204 g/mol. The summed E-state index contributed by atoms with van der Waals surface area (Å²) < 4.78 is 0. The van der Waals surface area contributed by atoms with Crippen LogP contribution in [0.2, 0.25) is 0 Å². The van der Waals surface area contributed by atoms with E-state index in [4.69, 9.17) is 21.8 Å². The van der Waals surface area contributed by atoms with Crippen molar-refractivity contribution in [2.24, 2.45) is 0 Å². The summed E-state index contributed by atoms with van der Waals surface area (Å²) in [6.45, 7) is 1.56. The van der Waals surface area contributed by atoms with Gasteiger partial charge >= 0.3 is 0 Å². The lowest BCUT2D eigenvalue weighted by atomic mass is 10.2. The van der Waals surface area contributed by atoms with Gasteiger partial charge in [0.05, 0.1) is 13.0 Å². The lowest BCUT2D eigenvalue weighted by Crippen LogP contribution is -2.36. The number of halogens is 1. The van der Waals surface area contributed by atoms with Gasteiger partial charge in [-0.25, -0.2) is 0 Å². The zero-order valence-corrected chi connectivity index (χ0v) is 8.40. The number of nitrogens with one attached hydrogen (secondary N) is 2. The maximum absolute atomic E-state index is 7.51. The van der Waals surface area contributed by atoms with Gasteiger partial charge in [-0.1, -0.05) is 0 Å². The van der Waals surface area contributed by atoms with E-state index in [2.05, 4.69) is 5.48 Å². The second-order valence-electron chi connectivity index (χ2n) is 2.81. The summed E-state index contributed by atoms with van der Waals surface area (Å²) in [4.78, 5) is 6.73. The number of rotatable bonds is 3. The minimum absolute atomic E-state index is 0.279. The van der Waals surface area contributed by atoms with Crippen LogP contribution < -0.4 is 5.48 Å². The van der Waals surface area contributed by atoms with Crippen LogP contribution in [0.4, 0.5) is 0 Å². The van der Waals surface area contributed by atoms with E-state index < -0.39 is 0 Å². The molecule has 1 aliphatic heterocycles. The largest absolute Gasteiger partial charge is 0.355 e. The number of hydroxylamine groups is 1. The molecule has 0 aromatic carbocycles. The van der Waals surface area contributed by atoms with Gasteiger partial charge in [0.15, 0.2) is 0 Å². The van der Waals surface area contributed by atoms with Gasteiger partial charge < -0.3 is 4.90 Å². The van der Waals surface area contributed by atoms with Crippen LogP contribution in [0.25, 0.3) is 0 Å². The zero-order valence-electron chi connectivity index (χ0n) is 7.64.